The lowest BCUT2D eigenvalue weighted by atomic mass is 10.0. The van der Waals surface area contributed by atoms with E-state index in [1.165, 1.54) is 0 Å². The molecule has 0 aliphatic rings. The Morgan fingerprint density at radius 1 is 1.39 bits per heavy atom. The number of carboxylic acid groups (broad SMARTS) is 1. The van der Waals surface area contributed by atoms with E-state index >= 15 is 0 Å². The van der Waals surface area contributed by atoms with Gasteiger partial charge in [0.25, 0.3) is 5.56 Å². The molecule has 2 rings (SSSR count). The highest BCUT2D eigenvalue weighted by molar-refractivity contribution is 5.74. The lowest BCUT2D eigenvalue weighted by Gasteiger charge is -2.04. The molecule has 1 aromatic heterocycles. The number of carboxylic acids is 1. The van der Waals surface area contributed by atoms with Crippen LogP contribution in [-0.2, 0) is 11.2 Å². The minimum absolute atomic E-state index is 0.0434. The quantitative estimate of drug-likeness (QED) is 0.733. The second-order valence-electron chi connectivity index (χ2n) is 3.85. The number of aliphatic carboxylic acids is 1. The van der Waals surface area contributed by atoms with Gasteiger partial charge in [0.2, 0.25) is 0 Å². The molecule has 0 radical (unpaired) electrons. The van der Waals surface area contributed by atoms with Crippen molar-refractivity contribution in [3.63, 3.8) is 0 Å². The summed E-state index contributed by atoms with van der Waals surface area (Å²) in [4.78, 5) is 22.4. The number of carbonyl (C=O) groups is 1. The number of aromatic nitrogens is 1. The van der Waals surface area contributed by atoms with Gasteiger partial charge in [-0.1, -0.05) is 30.3 Å². The van der Waals surface area contributed by atoms with Gasteiger partial charge in [0.15, 0.2) is 0 Å². The molecular formula is C12H12N2O4. The first-order valence-corrected chi connectivity index (χ1v) is 5.33. The summed E-state index contributed by atoms with van der Waals surface area (Å²) in [6, 6.07) is 7.77. The maximum atomic E-state index is 11.7. The first-order chi connectivity index (χ1) is 8.59. The molecule has 6 nitrogen and oxygen atoms in total. The molecule has 0 saturated carbocycles. The molecule has 1 atom stereocenters. The number of nitrogens with two attached hydrogens (primary N) is 1. The zero-order chi connectivity index (χ0) is 13.1. The highest BCUT2D eigenvalue weighted by atomic mass is 16.5. The van der Waals surface area contributed by atoms with Crippen molar-refractivity contribution in [1.29, 1.82) is 0 Å². The second-order valence-corrected chi connectivity index (χ2v) is 3.85. The van der Waals surface area contributed by atoms with Crippen LogP contribution >= 0.6 is 0 Å². The van der Waals surface area contributed by atoms with Crippen LogP contribution in [0.1, 0.15) is 5.76 Å². The predicted octanol–water partition coefficient (Wildman–Crippen LogP) is 0.589. The molecule has 4 N–H and O–H groups in total. The van der Waals surface area contributed by atoms with Gasteiger partial charge < -0.3 is 15.4 Å². The monoisotopic (exact) mass is 248 g/mol. The number of nitrogens with one attached hydrogen (secondary N) is 1. The van der Waals surface area contributed by atoms with Gasteiger partial charge in [-0.25, -0.2) is 0 Å². The molecule has 0 bridgehead atoms. The number of benzene rings is 1. The topological polar surface area (TPSA) is 109 Å². The Labute approximate surface area is 102 Å². The predicted molar refractivity (Wildman–Crippen MR) is 64.1 cm³/mol. The summed E-state index contributed by atoms with van der Waals surface area (Å²) in [5.41, 5.74) is 6.03. The van der Waals surface area contributed by atoms with Crippen molar-refractivity contribution in [3.8, 4) is 11.1 Å². The molecule has 18 heavy (non-hydrogen) atoms. The number of H-pyrrole nitrogens is 1. The number of hydrogen-bond donors (Lipinski definition) is 3. The molecule has 1 aromatic carbocycles. The Bertz CT molecular complexity index is 600. The SMILES string of the molecule is N[C@H](Cc1o[nH]c(=O)c1-c1ccccc1)C(=O)O. The molecule has 0 fully saturated rings. The number of aromatic amines is 1. The van der Waals surface area contributed by atoms with Crippen LogP contribution in [-0.4, -0.2) is 22.3 Å². The van der Waals surface area contributed by atoms with Crippen LogP contribution in [0.4, 0.5) is 0 Å². The minimum Gasteiger partial charge on any atom is -0.480 e. The largest absolute Gasteiger partial charge is 0.480 e. The Morgan fingerprint density at radius 2 is 2.06 bits per heavy atom. The maximum absolute atomic E-state index is 11.7. The maximum Gasteiger partial charge on any atom is 0.320 e. The third-order valence-corrected chi connectivity index (χ3v) is 2.56. The Hall–Kier alpha value is -2.34. The fraction of sp³-hybridized carbons (Fsp3) is 0.167. The van der Waals surface area contributed by atoms with Gasteiger partial charge in [-0.3, -0.25) is 9.59 Å². The van der Waals surface area contributed by atoms with E-state index in [4.69, 9.17) is 15.4 Å². The molecule has 0 aliphatic carbocycles. The third-order valence-electron chi connectivity index (χ3n) is 2.56. The van der Waals surface area contributed by atoms with Crippen molar-refractivity contribution in [2.75, 3.05) is 0 Å². The van der Waals surface area contributed by atoms with Crippen molar-refractivity contribution < 1.29 is 14.4 Å². The highest BCUT2D eigenvalue weighted by Gasteiger charge is 2.20. The lowest BCUT2D eigenvalue weighted by molar-refractivity contribution is -0.138. The van der Waals surface area contributed by atoms with Crippen molar-refractivity contribution in [2.45, 2.75) is 12.5 Å². The van der Waals surface area contributed by atoms with Gasteiger partial charge in [0.1, 0.15) is 11.8 Å². The zero-order valence-electron chi connectivity index (χ0n) is 9.42. The molecule has 0 spiro atoms. The number of rotatable bonds is 4. The van der Waals surface area contributed by atoms with Crippen LogP contribution in [0.5, 0.6) is 0 Å². The Morgan fingerprint density at radius 3 is 2.67 bits per heavy atom. The smallest absolute Gasteiger partial charge is 0.320 e. The van der Waals surface area contributed by atoms with Crippen LogP contribution < -0.4 is 11.3 Å². The van der Waals surface area contributed by atoms with Gasteiger partial charge in [-0.2, -0.15) is 5.16 Å². The molecule has 6 heteroatoms. The van der Waals surface area contributed by atoms with E-state index in [2.05, 4.69) is 5.16 Å². The molecule has 2 aromatic rings. The summed E-state index contributed by atoms with van der Waals surface area (Å²) >= 11 is 0. The summed E-state index contributed by atoms with van der Waals surface area (Å²) in [5.74, 6) is -0.890. The fourth-order valence-electron chi connectivity index (χ4n) is 1.66. The third kappa shape index (κ3) is 2.33. The minimum atomic E-state index is -1.14. The number of hydrogen-bond acceptors (Lipinski definition) is 4. The average molecular weight is 248 g/mol. The molecule has 1 heterocycles. The van der Waals surface area contributed by atoms with E-state index in [-0.39, 0.29) is 12.2 Å². The van der Waals surface area contributed by atoms with E-state index in [9.17, 15) is 9.59 Å². The van der Waals surface area contributed by atoms with Crippen molar-refractivity contribution in [2.24, 2.45) is 5.73 Å². The molecular weight excluding hydrogens is 236 g/mol. The average Bonchev–Trinajstić information content (AvgIpc) is 2.71. The summed E-state index contributed by atoms with van der Waals surface area (Å²) in [5, 5.41) is 11.0. The summed E-state index contributed by atoms with van der Waals surface area (Å²) < 4.78 is 4.99. The van der Waals surface area contributed by atoms with Crippen LogP contribution in [0.2, 0.25) is 0 Å². The van der Waals surface area contributed by atoms with Crippen LogP contribution in [0, 0.1) is 0 Å². The molecule has 0 aliphatic heterocycles. The first kappa shape index (κ1) is 12.1. The van der Waals surface area contributed by atoms with Gasteiger partial charge in [-0.05, 0) is 5.56 Å². The van der Waals surface area contributed by atoms with E-state index in [1.807, 2.05) is 6.07 Å². The fourth-order valence-corrected chi connectivity index (χ4v) is 1.66. The summed E-state index contributed by atoms with van der Waals surface area (Å²) in [7, 11) is 0. The van der Waals surface area contributed by atoms with Gasteiger partial charge in [-0.15, -0.1) is 0 Å². The highest BCUT2D eigenvalue weighted by Crippen LogP contribution is 2.20. The van der Waals surface area contributed by atoms with E-state index in [1.54, 1.807) is 24.3 Å². The van der Waals surface area contributed by atoms with Gasteiger partial charge >= 0.3 is 5.97 Å². The molecule has 0 saturated heterocycles. The van der Waals surface area contributed by atoms with Gasteiger partial charge in [0, 0.05) is 6.42 Å². The normalized spacial score (nSPS) is 12.3. The second kappa shape index (κ2) is 4.89. The summed E-state index contributed by atoms with van der Waals surface area (Å²) in [6.07, 6.45) is -0.0434. The van der Waals surface area contributed by atoms with E-state index in [0.717, 1.165) is 0 Å². The first-order valence-electron chi connectivity index (χ1n) is 5.33. The molecule has 94 valence electrons. The zero-order valence-corrected chi connectivity index (χ0v) is 9.42. The van der Waals surface area contributed by atoms with Crippen molar-refractivity contribution in [3.05, 3.63) is 46.4 Å². The summed E-state index contributed by atoms with van der Waals surface area (Å²) in [6.45, 7) is 0. The Kier molecular flexibility index (Phi) is 3.29. The van der Waals surface area contributed by atoms with Crippen molar-refractivity contribution >= 4 is 5.97 Å². The van der Waals surface area contributed by atoms with Gasteiger partial charge in [0.05, 0.1) is 5.56 Å². The Balaban J connectivity index is 2.40. The van der Waals surface area contributed by atoms with Crippen LogP contribution in [0.3, 0.4) is 0 Å². The van der Waals surface area contributed by atoms with E-state index < -0.39 is 17.6 Å². The molecule has 0 amide bonds. The van der Waals surface area contributed by atoms with E-state index in [0.29, 0.717) is 11.1 Å². The lowest BCUT2D eigenvalue weighted by Crippen LogP contribution is -2.32. The van der Waals surface area contributed by atoms with Crippen molar-refractivity contribution in [1.82, 2.24) is 5.16 Å². The van der Waals surface area contributed by atoms with Crippen LogP contribution in [0.25, 0.3) is 11.1 Å². The van der Waals surface area contributed by atoms with Crippen LogP contribution in [0.15, 0.2) is 39.6 Å². The molecule has 0 unspecified atom stereocenters. The standard InChI is InChI=1S/C12H12N2O4/c13-8(12(16)17)6-9-10(11(15)14-18-9)7-4-2-1-3-5-7/h1-5,8H,6,13H2,(H,14,15)(H,16,17)/t8-/m1/s1.